The van der Waals surface area contributed by atoms with Crippen LogP contribution in [0.5, 0.6) is 0 Å². The van der Waals surface area contributed by atoms with Crippen molar-refractivity contribution < 1.29 is 4.79 Å². The molecule has 1 amide bonds. The summed E-state index contributed by atoms with van der Waals surface area (Å²) < 4.78 is 0. The van der Waals surface area contributed by atoms with Crippen molar-refractivity contribution in [1.29, 1.82) is 0 Å². The molecule has 1 fully saturated rings. The van der Waals surface area contributed by atoms with Crippen LogP contribution in [0.2, 0.25) is 0 Å². The summed E-state index contributed by atoms with van der Waals surface area (Å²) in [6.07, 6.45) is 0.910. The number of hydrogen-bond acceptors (Lipinski definition) is 3. The highest BCUT2D eigenvalue weighted by Gasteiger charge is 2.17. The van der Waals surface area contributed by atoms with Crippen LogP contribution in [0.15, 0.2) is 24.8 Å². The van der Waals surface area contributed by atoms with Crippen molar-refractivity contribution in [2.24, 2.45) is 0 Å². The molecule has 18 heavy (non-hydrogen) atoms. The number of rotatable bonds is 3. The molecule has 4 heteroatoms. The molecular formula is C14H19N3O. The summed E-state index contributed by atoms with van der Waals surface area (Å²) in [6.45, 7) is 9.33. The Kier molecular flexibility index (Phi) is 3.55. The highest BCUT2D eigenvalue weighted by atomic mass is 16.1. The van der Waals surface area contributed by atoms with Crippen LogP contribution in [-0.4, -0.2) is 42.4 Å². The Morgan fingerprint density at radius 2 is 2.00 bits per heavy atom. The molecule has 0 aliphatic carbocycles. The van der Waals surface area contributed by atoms with E-state index in [9.17, 15) is 4.79 Å². The van der Waals surface area contributed by atoms with E-state index < -0.39 is 0 Å². The van der Waals surface area contributed by atoms with E-state index in [1.807, 2.05) is 19.1 Å². The molecule has 0 radical (unpaired) electrons. The van der Waals surface area contributed by atoms with Crippen LogP contribution in [0, 0.1) is 6.92 Å². The van der Waals surface area contributed by atoms with Gasteiger partial charge in [-0.2, -0.15) is 0 Å². The largest absolute Gasteiger partial charge is 0.399 e. The molecule has 2 rings (SSSR count). The number of nitrogens with zero attached hydrogens (tertiary/aromatic N) is 2. The van der Waals surface area contributed by atoms with Crippen LogP contribution in [0.4, 0.5) is 5.69 Å². The molecule has 0 aromatic heterocycles. The van der Waals surface area contributed by atoms with Gasteiger partial charge in [-0.25, -0.2) is 0 Å². The van der Waals surface area contributed by atoms with Crippen LogP contribution < -0.4 is 5.73 Å². The van der Waals surface area contributed by atoms with Gasteiger partial charge in [-0.15, -0.1) is 0 Å². The maximum Gasteiger partial charge on any atom is 0.209 e. The average molecular weight is 245 g/mol. The number of carbonyl (C=O) groups excluding carboxylic acids is 1. The number of nitrogen functional groups attached to an aromatic ring is 1. The third-order valence-electron chi connectivity index (χ3n) is 3.45. The smallest absolute Gasteiger partial charge is 0.209 e. The number of hydrogen-bond donors (Lipinski definition) is 1. The molecule has 1 heterocycles. The van der Waals surface area contributed by atoms with Crippen LogP contribution in [0.3, 0.4) is 0 Å². The zero-order chi connectivity index (χ0) is 13.1. The maximum atomic E-state index is 10.7. The van der Waals surface area contributed by atoms with Gasteiger partial charge in [0.15, 0.2) is 0 Å². The molecule has 0 spiro atoms. The van der Waals surface area contributed by atoms with Crippen molar-refractivity contribution in [2.45, 2.75) is 6.92 Å². The first-order valence-corrected chi connectivity index (χ1v) is 6.11. The number of anilines is 1. The molecule has 1 aromatic rings. The molecule has 4 nitrogen and oxygen atoms in total. The number of piperazine rings is 1. The molecule has 1 saturated heterocycles. The summed E-state index contributed by atoms with van der Waals surface area (Å²) in [5, 5.41) is 0. The summed E-state index contributed by atoms with van der Waals surface area (Å²) >= 11 is 0. The predicted octanol–water partition coefficient (Wildman–Crippen LogP) is 1.32. The van der Waals surface area contributed by atoms with Crippen molar-refractivity contribution in [2.75, 3.05) is 31.9 Å². The third kappa shape index (κ3) is 2.47. The Balaban J connectivity index is 2.07. The van der Waals surface area contributed by atoms with E-state index in [1.165, 1.54) is 0 Å². The number of amides is 1. The summed E-state index contributed by atoms with van der Waals surface area (Å²) in [6, 6.07) is 5.97. The lowest BCUT2D eigenvalue weighted by Gasteiger charge is -2.35. The number of benzene rings is 1. The maximum absolute atomic E-state index is 10.7. The molecular weight excluding hydrogens is 226 g/mol. The second kappa shape index (κ2) is 5.12. The van der Waals surface area contributed by atoms with Gasteiger partial charge in [0.05, 0.1) is 0 Å². The Bertz CT molecular complexity index is 462. The molecule has 1 aromatic carbocycles. The quantitative estimate of drug-likeness (QED) is 0.645. The molecule has 0 unspecified atom stereocenters. The lowest BCUT2D eigenvalue weighted by atomic mass is 10.1. The fraction of sp³-hybridized carbons (Fsp3) is 0.357. The van der Waals surface area contributed by atoms with Gasteiger partial charge in [0.1, 0.15) is 0 Å². The minimum atomic E-state index is 0.760. The Morgan fingerprint density at radius 1 is 1.33 bits per heavy atom. The standard InChI is InChI=1S/C14H19N3O/c1-11-9-13(3-4-14(11)15)12(2)17-7-5-16(10-18)6-8-17/h3-4,9-10H,2,5-8,15H2,1H3. The Labute approximate surface area is 108 Å². The Hall–Kier alpha value is -1.97. The molecule has 0 atom stereocenters. The molecule has 0 bridgehead atoms. The fourth-order valence-electron chi connectivity index (χ4n) is 2.14. The molecule has 0 saturated carbocycles. The van der Waals surface area contributed by atoms with Gasteiger partial charge in [0.2, 0.25) is 6.41 Å². The number of nitrogens with two attached hydrogens (primary N) is 1. The highest BCUT2D eigenvalue weighted by Crippen LogP contribution is 2.22. The molecule has 96 valence electrons. The van der Waals surface area contributed by atoms with Gasteiger partial charge in [0, 0.05) is 37.6 Å². The van der Waals surface area contributed by atoms with Crippen molar-refractivity contribution in [1.82, 2.24) is 9.80 Å². The highest BCUT2D eigenvalue weighted by molar-refractivity contribution is 5.65. The van der Waals surface area contributed by atoms with Gasteiger partial charge in [-0.1, -0.05) is 12.6 Å². The monoisotopic (exact) mass is 245 g/mol. The molecule has 1 aliphatic rings. The first-order chi connectivity index (χ1) is 8.61. The summed E-state index contributed by atoms with van der Waals surface area (Å²) in [5.74, 6) is 0. The topological polar surface area (TPSA) is 49.6 Å². The van der Waals surface area contributed by atoms with Crippen LogP contribution in [0.25, 0.3) is 5.70 Å². The van der Waals surface area contributed by atoms with E-state index in [0.29, 0.717) is 0 Å². The summed E-state index contributed by atoms with van der Waals surface area (Å²) in [7, 11) is 0. The van der Waals surface area contributed by atoms with Crippen LogP contribution in [-0.2, 0) is 4.79 Å². The zero-order valence-corrected chi connectivity index (χ0v) is 10.7. The normalized spacial score (nSPS) is 15.6. The van der Waals surface area contributed by atoms with Crippen molar-refractivity contribution in [3.63, 3.8) is 0 Å². The van der Waals surface area contributed by atoms with Crippen LogP contribution in [0.1, 0.15) is 11.1 Å². The number of aryl methyl sites for hydroxylation is 1. The van der Waals surface area contributed by atoms with Gasteiger partial charge in [-0.3, -0.25) is 4.79 Å². The van der Waals surface area contributed by atoms with E-state index in [2.05, 4.69) is 17.5 Å². The number of carbonyl (C=O) groups is 1. The lowest BCUT2D eigenvalue weighted by Crippen LogP contribution is -2.44. The summed E-state index contributed by atoms with van der Waals surface area (Å²) in [4.78, 5) is 14.7. The predicted molar refractivity (Wildman–Crippen MR) is 73.8 cm³/mol. The van der Waals surface area contributed by atoms with Crippen molar-refractivity contribution in [3.05, 3.63) is 35.9 Å². The first-order valence-electron chi connectivity index (χ1n) is 6.11. The average Bonchev–Trinajstić information content (AvgIpc) is 2.41. The summed E-state index contributed by atoms with van der Waals surface area (Å²) in [5.41, 5.74) is 9.79. The fourth-order valence-corrected chi connectivity index (χ4v) is 2.14. The van der Waals surface area contributed by atoms with Gasteiger partial charge >= 0.3 is 0 Å². The van der Waals surface area contributed by atoms with Gasteiger partial charge in [-0.05, 0) is 30.2 Å². The SMILES string of the molecule is C=C(c1ccc(N)c(C)c1)N1CCN(C=O)CC1. The Morgan fingerprint density at radius 3 is 2.56 bits per heavy atom. The second-order valence-electron chi connectivity index (χ2n) is 4.65. The minimum absolute atomic E-state index is 0.760. The van der Waals surface area contributed by atoms with Crippen molar-refractivity contribution in [3.8, 4) is 0 Å². The van der Waals surface area contributed by atoms with E-state index in [-0.39, 0.29) is 0 Å². The van der Waals surface area contributed by atoms with Gasteiger partial charge in [0.25, 0.3) is 0 Å². The van der Waals surface area contributed by atoms with E-state index >= 15 is 0 Å². The second-order valence-corrected chi connectivity index (χ2v) is 4.65. The van der Waals surface area contributed by atoms with E-state index in [0.717, 1.165) is 55.1 Å². The van der Waals surface area contributed by atoms with E-state index in [1.54, 1.807) is 4.90 Å². The van der Waals surface area contributed by atoms with Crippen LogP contribution >= 0.6 is 0 Å². The lowest BCUT2D eigenvalue weighted by molar-refractivity contribution is -0.119. The minimum Gasteiger partial charge on any atom is -0.399 e. The van der Waals surface area contributed by atoms with E-state index in [4.69, 9.17) is 5.73 Å². The third-order valence-corrected chi connectivity index (χ3v) is 3.45. The van der Waals surface area contributed by atoms with Crippen molar-refractivity contribution >= 4 is 17.8 Å². The molecule has 2 N–H and O–H groups in total. The molecule has 1 aliphatic heterocycles. The first kappa shape index (κ1) is 12.5. The van der Waals surface area contributed by atoms with Gasteiger partial charge < -0.3 is 15.5 Å². The zero-order valence-electron chi connectivity index (χ0n) is 10.7.